The molecule has 7 nitrogen and oxygen atoms in total. The molecule has 0 atom stereocenters. The van der Waals surface area contributed by atoms with Gasteiger partial charge < -0.3 is 4.42 Å². The van der Waals surface area contributed by atoms with Gasteiger partial charge in [-0.1, -0.05) is 24.2 Å². The van der Waals surface area contributed by atoms with Crippen molar-refractivity contribution in [1.82, 2.24) is 10.2 Å². The van der Waals surface area contributed by atoms with Gasteiger partial charge in [0.25, 0.3) is 5.91 Å². The molecule has 1 amide bonds. The van der Waals surface area contributed by atoms with Crippen molar-refractivity contribution < 1.29 is 17.6 Å². The highest BCUT2D eigenvalue weighted by Gasteiger charge is 2.15. The van der Waals surface area contributed by atoms with Crippen molar-refractivity contribution in [3.8, 4) is 0 Å². The normalized spacial score (nSPS) is 11.4. The van der Waals surface area contributed by atoms with Gasteiger partial charge in [-0.25, -0.2) is 8.42 Å². The van der Waals surface area contributed by atoms with E-state index in [1.54, 1.807) is 18.7 Å². The number of benzene rings is 2. The van der Waals surface area contributed by atoms with Crippen LogP contribution in [0.2, 0.25) is 0 Å². The Hall–Kier alpha value is -2.65. The molecule has 0 unspecified atom stereocenters. The van der Waals surface area contributed by atoms with Gasteiger partial charge in [0.1, 0.15) is 0 Å². The van der Waals surface area contributed by atoms with Crippen LogP contribution in [-0.2, 0) is 16.3 Å². The Bertz CT molecular complexity index is 1060. The van der Waals surface area contributed by atoms with E-state index < -0.39 is 15.7 Å². The minimum atomic E-state index is -3.30. The summed E-state index contributed by atoms with van der Waals surface area (Å²) in [6.07, 6.45) is 2.47. The van der Waals surface area contributed by atoms with Gasteiger partial charge >= 0.3 is 6.01 Å². The van der Waals surface area contributed by atoms with Crippen LogP contribution in [0.3, 0.4) is 0 Å². The minimum Gasteiger partial charge on any atom is -0.407 e. The van der Waals surface area contributed by atoms with Crippen LogP contribution in [-0.4, -0.2) is 36.5 Å². The fraction of sp³-hybridized carbons (Fsp3) is 0.211. The lowest BCUT2D eigenvalue weighted by Gasteiger charge is -2.03. The fourth-order valence-corrected chi connectivity index (χ4v) is 3.74. The summed E-state index contributed by atoms with van der Waals surface area (Å²) in [6.45, 7) is 1.57. The van der Waals surface area contributed by atoms with Crippen molar-refractivity contribution in [3.05, 3.63) is 65.5 Å². The Labute approximate surface area is 167 Å². The zero-order valence-electron chi connectivity index (χ0n) is 15.4. The highest BCUT2D eigenvalue weighted by atomic mass is 32.2. The third-order valence-corrected chi connectivity index (χ3v) is 6.55. The Morgan fingerprint density at radius 3 is 2.36 bits per heavy atom. The lowest BCUT2D eigenvalue weighted by atomic mass is 10.1. The zero-order valence-corrected chi connectivity index (χ0v) is 17.0. The molecule has 1 N–H and O–H groups in total. The van der Waals surface area contributed by atoms with Crippen LogP contribution in [0.15, 0.2) is 62.7 Å². The lowest BCUT2D eigenvalue weighted by Crippen LogP contribution is -2.12. The number of nitrogens with zero attached hydrogens (tertiary/aromatic N) is 2. The molecule has 0 saturated heterocycles. The molecule has 3 rings (SSSR count). The maximum atomic E-state index is 12.3. The smallest absolute Gasteiger partial charge is 0.322 e. The van der Waals surface area contributed by atoms with E-state index >= 15 is 0 Å². The third kappa shape index (κ3) is 4.79. The van der Waals surface area contributed by atoms with Gasteiger partial charge in [0, 0.05) is 10.5 Å². The summed E-state index contributed by atoms with van der Waals surface area (Å²) >= 11 is 1.66. The number of anilines is 1. The number of hydrogen-bond acceptors (Lipinski definition) is 7. The maximum Gasteiger partial charge on any atom is 0.322 e. The van der Waals surface area contributed by atoms with Crippen molar-refractivity contribution in [3.63, 3.8) is 0 Å². The van der Waals surface area contributed by atoms with E-state index in [0.717, 1.165) is 5.56 Å². The summed E-state index contributed by atoms with van der Waals surface area (Å²) in [7, 11) is -3.30. The molecule has 1 heterocycles. The molecule has 0 spiro atoms. The van der Waals surface area contributed by atoms with E-state index in [9.17, 15) is 13.2 Å². The molecule has 0 radical (unpaired) electrons. The molecule has 3 aromatic rings. The first-order valence-electron chi connectivity index (χ1n) is 8.51. The summed E-state index contributed by atoms with van der Waals surface area (Å²) < 4.78 is 29.1. The molecule has 146 valence electrons. The highest BCUT2D eigenvalue weighted by Crippen LogP contribution is 2.18. The van der Waals surface area contributed by atoms with E-state index in [4.69, 9.17) is 4.42 Å². The Morgan fingerprint density at radius 1 is 1.07 bits per heavy atom. The van der Waals surface area contributed by atoms with E-state index in [2.05, 4.69) is 15.5 Å². The van der Waals surface area contributed by atoms with Crippen LogP contribution in [0.5, 0.6) is 0 Å². The molecule has 0 aliphatic rings. The van der Waals surface area contributed by atoms with Gasteiger partial charge in [-0.15, -0.1) is 16.9 Å². The highest BCUT2D eigenvalue weighted by molar-refractivity contribution is 7.98. The van der Waals surface area contributed by atoms with Crippen LogP contribution in [0.1, 0.15) is 28.7 Å². The summed E-state index contributed by atoms with van der Waals surface area (Å²) in [6, 6.07) is 13.7. The van der Waals surface area contributed by atoms with Crippen molar-refractivity contribution in [1.29, 1.82) is 0 Å². The van der Waals surface area contributed by atoms with Gasteiger partial charge in [-0.05, 0) is 48.2 Å². The first-order valence-corrected chi connectivity index (χ1v) is 11.4. The second-order valence-electron chi connectivity index (χ2n) is 5.91. The molecule has 0 bridgehead atoms. The van der Waals surface area contributed by atoms with Crippen molar-refractivity contribution >= 4 is 33.5 Å². The van der Waals surface area contributed by atoms with Crippen LogP contribution in [0.25, 0.3) is 0 Å². The minimum absolute atomic E-state index is 0.00329. The van der Waals surface area contributed by atoms with Gasteiger partial charge in [0.15, 0.2) is 9.84 Å². The Kier molecular flexibility index (Phi) is 6.15. The molecular weight excluding hydrogens is 398 g/mol. The SMILES string of the molecule is CCS(=O)(=O)c1ccc(C(=O)Nc2nnc(Cc3ccc(SC)cc3)o2)cc1. The van der Waals surface area contributed by atoms with Crippen molar-refractivity contribution in [2.24, 2.45) is 0 Å². The number of carbonyl (C=O) groups excluding carboxylic acids is 1. The monoisotopic (exact) mass is 417 g/mol. The molecule has 9 heteroatoms. The quantitative estimate of drug-likeness (QED) is 0.588. The van der Waals surface area contributed by atoms with Gasteiger partial charge in [0.05, 0.1) is 17.1 Å². The lowest BCUT2D eigenvalue weighted by molar-refractivity contribution is 0.102. The molecule has 0 fully saturated rings. The van der Waals surface area contributed by atoms with E-state index in [1.807, 2.05) is 30.5 Å². The standard InChI is InChI=1S/C19H19N3O4S2/c1-3-28(24,25)16-10-6-14(7-11-16)18(23)20-19-22-21-17(26-19)12-13-4-8-15(27-2)9-5-13/h4-11H,3,12H2,1-2H3,(H,20,22,23). The van der Waals surface area contributed by atoms with Crippen molar-refractivity contribution in [2.45, 2.75) is 23.1 Å². The van der Waals surface area contributed by atoms with Crippen molar-refractivity contribution in [2.75, 3.05) is 17.3 Å². The average Bonchev–Trinajstić information content (AvgIpc) is 3.15. The topological polar surface area (TPSA) is 102 Å². The Morgan fingerprint density at radius 2 is 1.75 bits per heavy atom. The van der Waals surface area contributed by atoms with Crippen LogP contribution < -0.4 is 5.32 Å². The van der Waals surface area contributed by atoms with Gasteiger partial charge in [-0.2, -0.15) is 0 Å². The van der Waals surface area contributed by atoms with Crippen LogP contribution >= 0.6 is 11.8 Å². The third-order valence-electron chi connectivity index (χ3n) is 4.06. The predicted molar refractivity (Wildman–Crippen MR) is 107 cm³/mol. The second kappa shape index (κ2) is 8.57. The van der Waals surface area contributed by atoms with E-state index in [-0.39, 0.29) is 16.7 Å². The number of rotatable bonds is 7. The summed E-state index contributed by atoms with van der Waals surface area (Å²) in [5.41, 5.74) is 1.31. The summed E-state index contributed by atoms with van der Waals surface area (Å²) in [5.74, 6) is -0.0693. The zero-order chi connectivity index (χ0) is 20.1. The fourth-order valence-electron chi connectivity index (χ4n) is 2.44. The number of thioether (sulfide) groups is 1. The van der Waals surface area contributed by atoms with E-state index in [0.29, 0.717) is 17.9 Å². The second-order valence-corrected chi connectivity index (χ2v) is 9.07. The van der Waals surface area contributed by atoms with Crippen LogP contribution in [0, 0.1) is 0 Å². The average molecular weight is 418 g/mol. The largest absolute Gasteiger partial charge is 0.407 e. The number of aromatic nitrogens is 2. The molecule has 0 saturated carbocycles. The molecule has 2 aromatic carbocycles. The van der Waals surface area contributed by atoms with Gasteiger partial charge in [-0.3, -0.25) is 10.1 Å². The summed E-state index contributed by atoms with van der Waals surface area (Å²) in [5, 5.41) is 10.3. The van der Waals surface area contributed by atoms with Gasteiger partial charge in [0.2, 0.25) is 5.89 Å². The number of sulfone groups is 1. The summed E-state index contributed by atoms with van der Waals surface area (Å²) in [4.78, 5) is 13.6. The number of amides is 1. The van der Waals surface area contributed by atoms with E-state index in [1.165, 1.54) is 29.2 Å². The molecule has 0 aliphatic carbocycles. The molecular formula is C19H19N3O4S2. The number of hydrogen-bond donors (Lipinski definition) is 1. The maximum absolute atomic E-state index is 12.3. The van der Waals surface area contributed by atoms with Crippen LogP contribution in [0.4, 0.5) is 6.01 Å². The first kappa shape index (κ1) is 20.1. The molecule has 1 aromatic heterocycles. The number of nitrogens with one attached hydrogen (secondary N) is 1. The Balaban J connectivity index is 1.64. The molecule has 28 heavy (non-hydrogen) atoms. The molecule has 0 aliphatic heterocycles. The first-order chi connectivity index (χ1) is 13.4. The predicted octanol–water partition coefficient (Wildman–Crippen LogP) is 3.43. The number of carbonyl (C=O) groups is 1.